The van der Waals surface area contributed by atoms with Crippen molar-refractivity contribution in [1.82, 2.24) is 15.2 Å². The van der Waals surface area contributed by atoms with Gasteiger partial charge in [0.15, 0.2) is 11.2 Å². The number of aromatic amines is 2. The maximum absolute atomic E-state index is 12.2. The molecule has 3 aromatic rings. The number of pyridine rings is 1. The number of aromatic nitrogens is 3. The van der Waals surface area contributed by atoms with E-state index in [2.05, 4.69) is 31.1 Å². The zero-order valence-corrected chi connectivity index (χ0v) is 12.9. The number of H-pyrrole nitrogens is 2. The van der Waals surface area contributed by atoms with Gasteiger partial charge < -0.3 is 10.7 Å². The summed E-state index contributed by atoms with van der Waals surface area (Å²) in [5.74, 6) is 0.368. The Labute approximate surface area is 129 Å². The molecule has 0 atom stereocenters. The number of hydrogen-bond donors (Lipinski definition) is 3. The number of nitrogen functional groups attached to an aromatic ring is 1. The molecule has 5 nitrogen and oxygen atoms in total. The van der Waals surface area contributed by atoms with Crippen LogP contribution < -0.4 is 11.2 Å². The van der Waals surface area contributed by atoms with E-state index < -0.39 is 0 Å². The maximum atomic E-state index is 12.2. The third-order valence-corrected chi connectivity index (χ3v) is 3.78. The molecule has 6 heteroatoms. The van der Waals surface area contributed by atoms with Gasteiger partial charge in [0.25, 0.3) is 0 Å². The predicted molar refractivity (Wildman–Crippen MR) is 86.9 cm³/mol. The summed E-state index contributed by atoms with van der Waals surface area (Å²) in [5.41, 5.74) is 9.47. The third kappa shape index (κ3) is 2.50. The summed E-state index contributed by atoms with van der Waals surface area (Å²) in [4.78, 5) is 15.2. The van der Waals surface area contributed by atoms with E-state index in [1.54, 1.807) is 12.3 Å². The number of hydrogen-bond acceptors (Lipinski definition) is 3. The molecule has 2 aromatic heterocycles. The first kappa shape index (κ1) is 13.6. The highest BCUT2D eigenvalue weighted by Crippen LogP contribution is 2.33. The molecule has 0 aliphatic rings. The van der Waals surface area contributed by atoms with Crippen molar-refractivity contribution in [2.24, 2.45) is 0 Å². The Morgan fingerprint density at radius 1 is 1.24 bits per heavy atom. The number of aryl methyl sites for hydroxylation is 1. The Hall–Kier alpha value is -2.34. The molecule has 0 fully saturated rings. The smallest absolute Gasteiger partial charge is 0.191 e. The van der Waals surface area contributed by atoms with Gasteiger partial charge in [-0.25, -0.2) is 0 Å². The molecule has 0 spiro atoms. The second-order valence-electron chi connectivity index (χ2n) is 4.76. The number of anilines is 1. The summed E-state index contributed by atoms with van der Waals surface area (Å²) in [7, 11) is 0. The third-order valence-electron chi connectivity index (χ3n) is 3.25. The summed E-state index contributed by atoms with van der Waals surface area (Å²) in [6.07, 6.45) is 1.67. The van der Waals surface area contributed by atoms with Gasteiger partial charge in [0.05, 0.1) is 16.8 Å². The van der Waals surface area contributed by atoms with E-state index >= 15 is 0 Å². The lowest BCUT2D eigenvalue weighted by Crippen LogP contribution is -2.06. The summed E-state index contributed by atoms with van der Waals surface area (Å²) < 4.78 is 0.975. The molecule has 2 heterocycles. The lowest BCUT2D eigenvalue weighted by molar-refractivity contribution is 1.09. The van der Waals surface area contributed by atoms with E-state index in [1.165, 1.54) is 0 Å². The van der Waals surface area contributed by atoms with Crippen LogP contribution in [0.2, 0.25) is 0 Å². The van der Waals surface area contributed by atoms with Gasteiger partial charge in [-0.1, -0.05) is 28.1 Å². The minimum Gasteiger partial charge on any atom is -0.382 e. The lowest BCUT2D eigenvalue weighted by Gasteiger charge is -2.05. The molecular weight excluding hydrogens is 332 g/mol. The SMILES string of the molecule is Cc1cc(=O)c(-c2[nH]nc(N)c2-c2ccc(Br)cc2)c[nH]1. The molecule has 0 saturated carbocycles. The van der Waals surface area contributed by atoms with Crippen LogP contribution in [-0.2, 0) is 0 Å². The maximum Gasteiger partial charge on any atom is 0.191 e. The lowest BCUT2D eigenvalue weighted by atomic mass is 10.0. The Morgan fingerprint density at radius 3 is 2.62 bits per heavy atom. The van der Waals surface area contributed by atoms with Crippen molar-refractivity contribution in [3.63, 3.8) is 0 Å². The van der Waals surface area contributed by atoms with Crippen LogP contribution in [-0.4, -0.2) is 15.2 Å². The molecule has 0 amide bonds. The molecule has 0 saturated heterocycles. The average Bonchev–Trinajstić information content (AvgIpc) is 2.82. The highest BCUT2D eigenvalue weighted by atomic mass is 79.9. The van der Waals surface area contributed by atoms with Crippen LogP contribution in [0.4, 0.5) is 5.82 Å². The van der Waals surface area contributed by atoms with Crippen LogP contribution in [0.5, 0.6) is 0 Å². The fourth-order valence-electron chi connectivity index (χ4n) is 2.23. The number of nitrogens with zero attached hydrogens (tertiary/aromatic N) is 1. The topological polar surface area (TPSA) is 87.6 Å². The average molecular weight is 345 g/mol. The second kappa shape index (κ2) is 5.21. The van der Waals surface area contributed by atoms with Gasteiger partial charge in [0.1, 0.15) is 0 Å². The number of benzene rings is 1. The van der Waals surface area contributed by atoms with Crippen molar-refractivity contribution in [3.05, 3.63) is 56.9 Å². The Balaban J connectivity index is 2.21. The molecule has 0 unspecified atom stereocenters. The second-order valence-corrected chi connectivity index (χ2v) is 5.68. The fourth-order valence-corrected chi connectivity index (χ4v) is 2.49. The Bertz CT molecular complexity index is 849. The highest BCUT2D eigenvalue weighted by Gasteiger charge is 2.16. The van der Waals surface area contributed by atoms with Gasteiger partial charge in [-0.3, -0.25) is 9.89 Å². The molecule has 0 aliphatic heterocycles. The molecule has 21 heavy (non-hydrogen) atoms. The molecule has 3 rings (SSSR count). The standard InChI is InChI=1S/C15H13BrN4O/c1-8-6-12(21)11(7-18-8)14-13(15(17)20-19-14)9-2-4-10(16)5-3-9/h2-7H,1H3,(H,18,21)(H3,17,19,20). The van der Waals surface area contributed by atoms with Crippen molar-refractivity contribution >= 4 is 21.7 Å². The molecule has 0 bridgehead atoms. The first-order valence-electron chi connectivity index (χ1n) is 6.36. The zero-order valence-electron chi connectivity index (χ0n) is 11.3. The van der Waals surface area contributed by atoms with E-state index in [4.69, 9.17) is 5.73 Å². The van der Waals surface area contributed by atoms with Crippen molar-refractivity contribution in [2.75, 3.05) is 5.73 Å². The normalized spacial score (nSPS) is 10.8. The van der Waals surface area contributed by atoms with Crippen LogP contribution >= 0.6 is 15.9 Å². The number of rotatable bonds is 2. The molecule has 4 N–H and O–H groups in total. The summed E-state index contributed by atoms with van der Waals surface area (Å²) in [6, 6.07) is 9.25. The van der Waals surface area contributed by atoms with E-state index in [1.807, 2.05) is 31.2 Å². The van der Waals surface area contributed by atoms with Gasteiger partial charge in [-0.05, 0) is 24.6 Å². The Morgan fingerprint density at radius 2 is 1.95 bits per heavy atom. The van der Waals surface area contributed by atoms with Crippen molar-refractivity contribution in [2.45, 2.75) is 6.92 Å². The van der Waals surface area contributed by atoms with Crippen LogP contribution in [0.1, 0.15) is 5.69 Å². The van der Waals surface area contributed by atoms with Gasteiger partial charge >= 0.3 is 0 Å². The highest BCUT2D eigenvalue weighted by molar-refractivity contribution is 9.10. The van der Waals surface area contributed by atoms with E-state index in [0.29, 0.717) is 17.1 Å². The Kier molecular flexibility index (Phi) is 3.39. The van der Waals surface area contributed by atoms with Crippen LogP contribution in [0.15, 0.2) is 45.8 Å². The molecule has 0 radical (unpaired) electrons. The van der Waals surface area contributed by atoms with Gasteiger partial charge in [-0.2, -0.15) is 5.10 Å². The summed E-state index contributed by atoms with van der Waals surface area (Å²) in [6.45, 7) is 1.84. The fraction of sp³-hybridized carbons (Fsp3) is 0.0667. The van der Waals surface area contributed by atoms with Crippen molar-refractivity contribution < 1.29 is 0 Å². The van der Waals surface area contributed by atoms with Gasteiger partial charge in [0.2, 0.25) is 0 Å². The largest absolute Gasteiger partial charge is 0.382 e. The minimum atomic E-state index is -0.0757. The van der Waals surface area contributed by atoms with Crippen LogP contribution in [0.25, 0.3) is 22.4 Å². The quantitative estimate of drug-likeness (QED) is 0.667. The van der Waals surface area contributed by atoms with E-state index in [0.717, 1.165) is 21.3 Å². The van der Waals surface area contributed by atoms with Gasteiger partial charge in [0, 0.05) is 22.4 Å². The van der Waals surface area contributed by atoms with Crippen molar-refractivity contribution in [3.8, 4) is 22.4 Å². The van der Waals surface area contributed by atoms with E-state index in [-0.39, 0.29) is 5.43 Å². The van der Waals surface area contributed by atoms with Crippen molar-refractivity contribution in [1.29, 1.82) is 0 Å². The van der Waals surface area contributed by atoms with Crippen LogP contribution in [0, 0.1) is 6.92 Å². The molecular formula is C15H13BrN4O. The zero-order chi connectivity index (χ0) is 15.0. The molecule has 0 aliphatic carbocycles. The first-order valence-corrected chi connectivity index (χ1v) is 7.15. The number of nitrogens with two attached hydrogens (primary N) is 1. The minimum absolute atomic E-state index is 0.0757. The molecule has 1 aromatic carbocycles. The molecule has 106 valence electrons. The number of nitrogens with one attached hydrogen (secondary N) is 2. The number of halogens is 1. The summed E-state index contributed by atoms with van der Waals surface area (Å²) >= 11 is 3.40. The van der Waals surface area contributed by atoms with Crippen LogP contribution in [0.3, 0.4) is 0 Å². The monoisotopic (exact) mass is 344 g/mol. The first-order chi connectivity index (χ1) is 10.1. The van der Waals surface area contributed by atoms with E-state index in [9.17, 15) is 4.79 Å². The summed E-state index contributed by atoms with van der Waals surface area (Å²) in [5, 5.41) is 6.90. The predicted octanol–water partition coefficient (Wildman–Crippen LogP) is 3.09. The van der Waals surface area contributed by atoms with Gasteiger partial charge in [-0.15, -0.1) is 0 Å².